The van der Waals surface area contributed by atoms with E-state index in [1.165, 1.54) is 38.5 Å². The molecule has 3 rings (SSSR count). The lowest BCUT2D eigenvalue weighted by atomic mass is 9.72. The molecule has 0 aromatic carbocycles. The van der Waals surface area contributed by atoms with Crippen molar-refractivity contribution in [1.82, 2.24) is 0 Å². The van der Waals surface area contributed by atoms with Gasteiger partial charge in [-0.1, -0.05) is 43.6 Å². The molecule has 0 heteroatoms. The number of rotatable bonds is 0. The van der Waals surface area contributed by atoms with Gasteiger partial charge in [-0.3, -0.25) is 0 Å². The summed E-state index contributed by atoms with van der Waals surface area (Å²) in [4.78, 5) is 0. The van der Waals surface area contributed by atoms with E-state index < -0.39 is 0 Å². The maximum atomic E-state index is 2.52. The van der Waals surface area contributed by atoms with Crippen molar-refractivity contribution in [2.24, 2.45) is 17.3 Å². The zero-order chi connectivity index (χ0) is 8.73. The molecule has 0 radical (unpaired) electrons. The monoisotopic (exact) mass is 174 g/mol. The summed E-state index contributed by atoms with van der Waals surface area (Å²) in [6.07, 6.45) is 18.4. The molecule has 0 saturated heterocycles. The Balaban J connectivity index is 1.96. The Morgan fingerprint density at radius 3 is 3.15 bits per heavy atom. The Labute approximate surface area is 80.7 Å². The Morgan fingerprint density at radius 1 is 1.15 bits per heavy atom. The van der Waals surface area contributed by atoms with Crippen LogP contribution in [-0.4, -0.2) is 0 Å². The van der Waals surface area contributed by atoms with Crippen LogP contribution in [0.15, 0.2) is 24.3 Å². The first kappa shape index (κ1) is 7.84. The summed E-state index contributed by atoms with van der Waals surface area (Å²) >= 11 is 0. The van der Waals surface area contributed by atoms with E-state index in [0.717, 1.165) is 11.8 Å². The summed E-state index contributed by atoms with van der Waals surface area (Å²) in [5, 5.41) is 0. The van der Waals surface area contributed by atoms with Crippen molar-refractivity contribution in [3.8, 4) is 0 Å². The highest BCUT2D eigenvalue weighted by atomic mass is 14.5. The minimum atomic E-state index is 0.607. The van der Waals surface area contributed by atoms with Crippen LogP contribution in [0.5, 0.6) is 0 Å². The maximum Gasteiger partial charge on any atom is -0.00495 e. The minimum absolute atomic E-state index is 0.607. The van der Waals surface area contributed by atoms with E-state index in [9.17, 15) is 0 Å². The van der Waals surface area contributed by atoms with E-state index in [-0.39, 0.29) is 0 Å². The van der Waals surface area contributed by atoms with Crippen molar-refractivity contribution < 1.29 is 0 Å². The molecule has 0 aromatic rings. The molecule has 0 nitrogen and oxygen atoms in total. The van der Waals surface area contributed by atoms with Crippen molar-refractivity contribution in [3.63, 3.8) is 0 Å². The van der Waals surface area contributed by atoms with Gasteiger partial charge in [0.2, 0.25) is 0 Å². The molecule has 3 aliphatic carbocycles. The molecule has 13 heavy (non-hydrogen) atoms. The van der Waals surface area contributed by atoms with Gasteiger partial charge in [0.25, 0.3) is 0 Å². The van der Waals surface area contributed by atoms with Crippen LogP contribution in [-0.2, 0) is 0 Å². The third-order valence-electron chi connectivity index (χ3n) is 4.38. The summed E-state index contributed by atoms with van der Waals surface area (Å²) in [6, 6.07) is 0. The smallest absolute Gasteiger partial charge is 0.00495 e. The van der Waals surface area contributed by atoms with Gasteiger partial charge in [0.1, 0.15) is 0 Å². The molecule has 0 heterocycles. The first-order valence-corrected chi connectivity index (χ1v) is 5.75. The Bertz CT molecular complexity index is 261. The van der Waals surface area contributed by atoms with Gasteiger partial charge in [0.15, 0.2) is 0 Å². The zero-order valence-corrected chi connectivity index (χ0v) is 8.21. The molecule has 0 amide bonds. The predicted molar refractivity (Wildman–Crippen MR) is 55.4 cm³/mol. The fraction of sp³-hybridized carbons (Fsp3) is 0.692. The van der Waals surface area contributed by atoms with Gasteiger partial charge in [0, 0.05) is 0 Å². The molecule has 2 fully saturated rings. The average molecular weight is 174 g/mol. The third-order valence-corrected chi connectivity index (χ3v) is 4.38. The van der Waals surface area contributed by atoms with E-state index in [1.54, 1.807) is 0 Å². The highest BCUT2D eigenvalue weighted by Crippen LogP contribution is 2.55. The third kappa shape index (κ3) is 1.11. The topological polar surface area (TPSA) is 0 Å². The summed E-state index contributed by atoms with van der Waals surface area (Å²) in [5.74, 6) is 1.93. The first-order chi connectivity index (χ1) is 6.39. The normalized spacial score (nSPS) is 47.4. The first-order valence-electron chi connectivity index (χ1n) is 5.75. The van der Waals surface area contributed by atoms with Crippen molar-refractivity contribution in [1.29, 1.82) is 0 Å². The summed E-state index contributed by atoms with van der Waals surface area (Å²) in [5.41, 5.74) is 0.607. The van der Waals surface area contributed by atoms with Crippen LogP contribution in [0.25, 0.3) is 0 Å². The van der Waals surface area contributed by atoms with Crippen molar-refractivity contribution in [2.45, 2.75) is 38.5 Å². The van der Waals surface area contributed by atoms with Crippen LogP contribution in [0.1, 0.15) is 38.5 Å². The summed E-state index contributed by atoms with van der Waals surface area (Å²) in [6.45, 7) is 0. The van der Waals surface area contributed by atoms with E-state index in [1.807, 2.05) is 0 Å². The Hall–Kier alpha value is -0.520. The van der Waals surface area contributed by atoms with Crippen LogP contribution in [0.4, 0.5) is 0 Å². The van der Waals surface area contributed by atoms with Crippen LogP contribution >= 0.6 is 0 Å². The number of hydrogen-bond acceptors (Lipinski definition) is 0. The van der Waals surface area contributed by atoms with Gasteiger partial charge >= 0.3 is 0 Å². The predicted octanol–water partition coefficient (Wildman–Crippen LogP) is 3.70. The van der Waals surface area contributed by atoms with Crippen LogP contribution in [0, 0.1) is 17.3 Å². The SMILES string of the molecule is C1=CC2CC3CCCCC2(C=C1)C3. The van der Waals surface area contributed by atoms with E-state index in [4.69, 9.17) is 0 Å². The van der Waals surface area contributed by atoms with E-state index in [0.29, 0.717) is 5.41 Å². The minimum Gasteiger partial charge on any atom is -0.0806 e. The largest absolute Gasteiger partial charge is 0.0806 e. The molecule has 3 unspecified atom stereocenters. The standard InChI is InChI=1S/C13H18/c1-3-7-13-8-4-2-6-12(13)9-11(5-1)10-13/h2,4,6,8,11-12H,1,3,5,7,9-10H2. The van der Waals surface area contributed by atoms with Crippen LogP contribution < -0.4 is 0 Å². The van der Waals surface area contributed by atoms with Crippen molar-refractivity contribution >= 4 is 0 Å². The van der Waals surface area contributed by atoms with Crippen molar-refractivity contribution in [3.05, 3.63) is 24.3 Å². The molecule has 70 valence electrons. The van der Waals surface area contributed by atoms with Gasteiger partial charge in [-0.2, -0.15) is 0 Å². The van der Waals surface area contributed by atoms with Crippen LogP contribution in [0.2, 0.25) is 0 Å². The lowest BCUT2D eigenvalue weighted by Gasteiger charge is -2.32. The molecule has 2 bridgehead atoms. The number of fused-ring (bicyclic) bond motifs is 1. The molecule has 1 spiro atoms. The van der Waals surface area contributed by atoms with Gasteiger partial charge in [0.05, 0.1) is 0 Å². The summed E-state index contributed by atoms with van der Waals surface area (Å²) in [7, 11) is 0. The van der Waals surface area contributed by atoms with Crippen molar-refractivity contribution in [2.75, 3.05) is 0 Å². The molecular formula is C13H18. The highest BCUT2D eigenvalue weighted by Gasteiger charge is 2.45. The molecule has 0 aromatic heterocycles. The molecule has 0 N–H and O–H groups in total. The van der Waals surface area contributed by atoms with E-state index >= 15 is 0 Å². The molecule has 2 saturated carbocycles. The van der Waals surface area contributed by atoms with Gasteiger partial charge in [-0.25, -0.2) is 0 Å². The second-order valence-electron chi connectivity index (χ2n) is 5.14. The zero-order valence-electron chi connectivity index (χ0n) is 8.21. The Morgan fingerprint density at radius 2 is 2.15 bits per heavy atom. The quantitative estimate of drug-likeness (QED) is 0.525. The maximum absolute atomic E-state index is 2.52. The lowest BCUT2D eigenvalue weighted by molar-refractivity contribution is 0.290. The lowest BCUT2D eigenvalue weighted by Crippen LogP contribution is -2.23. The fourth-order valence-corrected chi connectivity index (χ4v) is 3.75. The fourth-order valence-electron chi connectivity index (χ4n) is 3.75. The average Bonchev–Trinajstić information content (AvgIpc) is 2.37. The Kier molecular flexibility index (Phi) is 1.65. The number of allylic oxidation sites excluding steroid dienone is 4. The summed E-state index contributed by atoms with van der Waals surface area (Å²) < 4.78 is 0. The molecule has 0 aliphatic heterocycles. The van der Waals surface area contributed by atoms with E-state index in [2.05, 4.69) is 24.3 Å². The second-order valence-corrected chi connectivity index (χ2v) is 5.14. The highest BCUT2D eigenvalue weighted by molar-refractivity contribution is 5.23. The van der Waals surface area contributed by atoms with Gasteiger partial charge in [-0.15, -0.1) is 0 Å². The second kappa shape index (κ2) is 2.73. The van der Waals surface area contributed by atoms with Gasteiger partial charge in [-0.05, 0) is 36.5 Å². The van der Waals surface area contributed by atoms with Gasteiger partial charge < -0.3 is 0 Å². The van der Waals surface area contributed by atoms with Crippen LogP contribution in [0.3, 0.4) is 0 Å². The molecular weight excluding hydrogens is 156 g/mol. The molecule has 3 atom stereocenters. The molecule has 3 aliphatic rings. The number of hydrogen-bond donors (Lipinski definition) is 0.